The summed E-state index contributed by atoms with van der Waals surface area (Å²) in [6, 6.07) is 24.2. The van der Waals surface area contributed by atoms with Crippen LogP contribution in [0.2, 0.25) is 0 Å². The van der Waals surface area contributed by atoms with E-state index in [1.54, 1.807) is 5.56 Å². The second-order valence-electron chi connectivity index (χ2n) is 22.4. The van der Waals surface area contributed by atoms with Gasteiger partial charge in [0.15, 0.2) is 17.4 Å². The van der Waals surface area contributed by atoms with Crippen molar-refractivity contribution in [3.05, 3.63) is 113 Å². The van der Waals surface area contributed by atoms with Crippen LogP contribution in [0.25, 0.3) is 53.0 Å². The van der Waals surface area contributed by atoms with Crippen molar-refractivity contribution in [2.75, 3.05) is 6.61 Å². The van der Waals surface area contributed by atoms with Gasteiger partial charge in [0.25, 0.3) is 0 Å². The third-order valence-corrected chi connectivity index (χ3v) is 15.6. The Morgan fingerprint density at radius 3 is 2.15 bits per heavy atom. The summed E-state index contributed by atoms with van der Waals surface area (Å²) in [6.45, 7) is 39.0. The molecule has 6 aromatic rings. The summed E-state index contributed by atoms with van der Waals surface area (Å²) in [7, 11) is 0. The molecule has 1 aliphatic carbocycles. The normalized spacial score (nSPS) is 22.7. The zero-order chi connectivity index (χ0) is 43.0. The molecule has 3 nitrogen and oxygen atoms in total. The van der Waals surface area contributed by atoms with Gasteiger partial charge >= 0.3 is 0 Å². The van der Waals surface area contributed by atoms with E-state index in [4.69, 9.17) is 11.3 Å². The molecule has 60 heavy (non-hydrogen) atoms. The van der Waals surface area contributed by atoms with Gasteiger partial charge in [-0.2, -0.15) is 9.14 Å². The maximum Gasteiger partial charge on any atom is 0.248 e. The lowest BCUT2D eigenvalue weighted by molar-refractivity contribution is -0.733. The number of ether oxygens (including phenoxy) is 1. The standard InChI is InChI=1S/C56H68N2OS/c1-32(2)45-31-46(33(3)4)59-27-23-39-48-37-19-17-16-18-36(37)44(53(6,7)8)30-42(48)51-40-29-41-38-20-21-43-49(56(14,15)25-24-55(43,12)13)52(38)60-47(41)28-35(40)22-26-57(51)50(39)34(5)58(45)54(9,10)11/h16-22,26,28-33,39,50H,5,23-25,27H2,1-4,6-15H3/q+2/b46-31-,58-45-. The molecule has 312 valence electrons. The average molecular weight is 817 g/mol. The number of hydrogen-bond donors (Lipinski definition) is 0. The van der Waals surface area contributed by atoms with Gasteiger partial charge in [-0.1, -0.05) is 113 Å². The zero-order valence-electron chi connectivity index (χ0n) is 39.0. The average Bonchev–Trinajstić information content (AvgIpc) is 3.53. The number of allylic oxidation sites excluding steroid dienone is 3. The topological polar surface area (TPSA) is 16.1 Å². The lowest BCUT2D eigenvalue weighted by Crippen LogP contribution is -2.53. The van der Waals surface area contributed by atoms with Gasteiger partial charge in [0.2, 0.25) is 17.4 Å². The molecule has 2 aromatic heterocycles. The molecular formula is C56H68N2OS+2. The highest BCUT2D eigenvalue weighted by atomic mass is 32.1. The van der Waals surface area contributed by atoms with Crippen molar-refractivity contribution in [1.82, 2.24) is 0 Å². The summed E-state index contributed by atoms with van der Waals surface area (Å²) in [6.07, 6.45) is 8.06. The molecule has 4 heteroatoms. The van der Waals surface area contributed by atoms with Crippen molar-refractivity contribution in [3.8, 4) is 11.3 Å². The Bertz CT molecular complexity index is 2840. The number of rotatable bonds is 2. The van der Waals surface area contributed by atoms with Crippen molar-refractivity contribution < 1.29 is 13.9 Å². The number of thiophene rings is 1. The summed E-state index contributed by atoms with van der Waals surface area (Å²) >= 11 is 2.01. The van der Waals surface area contributed by atoms with Crippen LogP contribution in [0.3, 0.4) is 0 Å². The summed E-state index contributed by atoms with van der Waals surface area (Å²) in [4.78, 5) is 0. The second kappa shape index (κ2) is 13.9. The highest BCUT2D eigenvalue weighted by molar-refractivity contribution is 7.26. The van der Waals surface area contributed by atoms with Crippen LogP contribution >= 0.6 is 11.3 Å². The summed E-state index contributed by atoms with van der Waals surface area (Å²) in [5.74, 6) is 1.73. The number of aromatic nitrogens is 1. The Morgan fingerprint density at radius 1 is 0.783 bits per heavy atom. The highest BCUT2D eigenvalue weighted by Gasteiger charge is 2.51. The second-order valence-corrected chi connectivity index (χ2v) is 23.4. The van der Waals surface area contributed by atoms with E-state index in [1.165, 1.54) is 88.2 Å². The smallest absolute Gasteiger partial charge is 0.248 e. The minimum Gasteiger partial charge on any atom is -0.497 e. The molecule has 0 N–H and O–H groups in total. The molecule has 4 heterocycles. The first kappa shape index (κ1) is 41.1. The van der Waals surface area contributed by atoms with Crippen LogP contribution in [0.4, 0.5) is 0 Å². The van der Waals surface area contributed by atoms with Crippen molar-refractivity contribution in [1.29, 1.82) is 0 Å². The van der Waals surface area contributed by atoms with Crippen LogP contribution in [-0.4, -0.2) is 22.4 Å². The molecule has 9 rings (SSSR count). The number of pyridine rings is 1. The minimum absolute atomic E-state index is 0.0312. The Hall–Kier alpha value is -4.28. The van der Waals surface area contributed by atoms with Crippen molar-refractivity contribution in [2.45, 2.75) is 150 Å². The lowest BCUT2D eigenvalue weighted by Gasteiger charge is -2.42. The largest absolute Gasteiger partial charge is 0.497 e. The monoisotopic (exact) mass is 817 g/mol. The first-order chi connectivity index (χ1) is 28.1. The van der Waals surface area contributed by atoms with E-state index in [-0.39, 0.29) is 45.6 Å². The van der Waals surface area contributed by atoms with Gasteiger partial charge in [-0.05, 0) is 98.7 Å². The highest BCUT2D eigenvalue weighted by Crippen LogP contribution is 2.54. The van der Waals surface area contributed by atoms with E-state index in [0.717, 1.165) is 17.9 Å². The van der Waals surface area contributed by atoms with Gasteiger partial charge in [0.1, 0.15) is 5.76 Å². The van der Waals surface area contributed by atoms with Crippen LogP contribution in [-0.2, 0) is 21.0 Å². The third-order valence-electron chi connectivity index (χ3n) is 14.4. The van der Waals surface area contributed by atoms with Crippen LogP contribution in [0.5, 0.6) is 0 Å². The van der Waals surface area contributed by atoms with Crippen molar-refractivity contribution >= 4 is 58.8 Å². The number of hydrogen-bond acceptors (Lipinski definition) is 2. The van der Waals surface area contributed by atoms with E-state index in [1.807, 2.05) is 11.3 Å². The summed E-state index contributed by atoms with van der Waals surface area (Å²) in [5, 5.41) is 8.09. The first-order valence-corrected chi connectivity index (χ1v) is 23.6. The van der Waals surface area contributed by atoms with E-state index in [0.29, 0.717) is 6.61 Å². The van der Waals surface area contributed by atoms with E-state index >= 15 is 0 Å². The van der Waals surface area contributed by atoms with Crippen molar-refractivity contribution in [2.24, 2.45) is 11.8 Å². The Balaban J connectivity index is 1.42. The van der Waals surface area contributed by atoms with Gasteiger partial charge in [0.05, 0.1) is 23.5 Å². The number of fused-ring (bicyclic) bond motifs is 15. The molecule has 0 spiro atoms. The molecule has 2 unspecified atom stereocenters. The fourth-order valence-electron chi connectivity index (χ4n) is 11.3. The molecule has 0 radical (unpaired) electrons. The van der Waals surface area contributed by atoms with Gasteiger partial charge in [-0.3, -0.25) is 0 Å². The lowest BCUT2D eigenvalue weighted by atomic mass is 9.63. The molecule has 0 amide bonds. The number of nitrogens with zero attached hydrogens (tertiary/aromatic N) is 2. The summed E-state index contributed by atoms with van der Waals surface area (Å²) in [5.41, 5.74) is 11.0. The Labute approximate surface area is 363 Å². The maximum absolute atomic E-state index is 6.89. The van der Waals surface area contributed by atoms with Gasteiger partial charge in [0, 0.05) is 64.9 Å². The van der Waals surface area contributed by atoms with Crippen LogP contribution in [0, 0.1) is 11.8 Å². The maximum atomic E-state index is 6.89. The molecular weight excluding hydrogens is 749 g/mol. The number of benzene rings is 4. The van der Waals surface area contributed by atoms with Gasteiger partial charge < -0.3 is 4.74 Å². The minimum atomic E-state index is -0.224. The van der Waals surface area contributed by atoms with Crippen LogP contribution < -0.4 is 4.57 Å². The molecule has 0 fully saturated rings. The Morgan fingerprint density at radius 2 is 1.48 bits per heavy atom. The Kier molecular flexibility index (Phi) is 9.50. The van der Waals surface area contributed by atoms with E-state index < -0.39 is 0 Å². The molecule has 0 saturated carbocycles. The fourth-order valence-corrected chi connectivity index (χ4v) is 12.8. The SMILES string of the molecule is C=C1C2C(CCO/C(C(C)C)=C\C(C(C)C)=[N+]/1C(C)(C)C)c1c(cc(C(C)(C)C)c3ccccc13)-c1c3cc4c(cc3cc[n+]12)sc1c2c(ccc14)C(C)(C)CCC2(C)C. The van der Waals surface area contributed by atoms with Gasteiger partial charge in [-0.15, -0.1) is 11.3 Å². The third kappa shape index (κ3) is 6.32. The quantitative estimate of drug-likeness (QED) is 0.159. The van der Waals surface area contributed by atoms with Crippen molar-refractivity contribution in [3.63, 3.8) is 0 Å². The predicted molar refractivity (Wildman–Crippen MR) is 258 cm³/mol. The first-order valence-electron chi connectivity index (χ1n) is 22.7. The molecule has 0 saturated heterocycles. The summed E-state index contributed by atoms with van der Waals surface area (Å²) < 4.78 is 15.0. The molecule has 2 aliphatic heterocycles. The fraction of sp³-hybridized carbons (Fsp3) is 0.464. The van der Waals surface area contributed by atoms with E-state index in [9.17, 15) is 0 Å². The van der Waals surface area contributed by atoms with E-state index in [2.05, 4.69) is 179 Å². The molecule has 2 atom stereocenters. The van der Waals surface area contributed by atoms with Crippen LogP contribution in [0.1, 0.15) is 150 Å². The molecule has 4 aromatic carbocycles. The van der Waals surface area contributed by atoms with Gasteiger partial charge in [-0.25, -0.2) is 0 Å². The molecule has 0 bridgehead atoms. The predicted octanol–water partition coefficient (Wildman–Crippen LogP) is 15.0. The molecule has 3 aliphatic rings. The zero-order valence-corrected chi connectivity index (χ0v) is 39.8. The van der Waals surface area contributed by atoms with Crippen LogP contribution in [0.15, 0.2) is 91.0 Å².